The third-order valence-electron chi connectivity index (χ3n) is 3.12. The molecule has 0 atom stereocenters. The molecule has 1 aromatic heterocycles. The second-order valence-corrected chi connectivity index (χ2v) is 10.3. The molecule has 0 saturated heterocycles. The molecule has 0 unspecified atom stereocenters. The molecule has 0 amide bonds. The second-order valence-electron chi connectivity index (χ2n) is 5.46. The summed E-state index contributed by atoms with van der Waals surface area (Å²) in [5, 5.41) is 0.214. The van der Waals surface area contributed by atoms with Gasteiger partial charge in [-0.2, -0.15) is 0 Å². The third kappa shape index (κ3) is 3.28. The molecule has 2 N–H and O–H groups in total. The number of nitrogens with two attached hydrogens (primary N) is 1. The minimum absolute atomic E-state index is 0.214. The Morgan fingerprint density at radius 3 is 2.50 bits per heavy atom. The Kier molecular flexibility index (Phi) is 3.70. The van der Waals surface area contributed by atoms with E-state index in [4.69, 9.17) is 10.2 Å². The average molecular weight is 239 g/mol. The van der Waals surface area contributed by atoms with Gasteiger partial charge in [-0.05, 0) is 24.2 Å². The van der Waals surface area contributed by atoms with Crippen LogP contribution in [-0.4, -0.2) is 18.3 Å². The van der Waals surface area contributed by atoms with Crippen LogP contribution in [0.25, 0.3) is 0 Å². The number of anilines is 1. The predicted octanol–water partition coefficient (Wildman–Crippen LogP) is 2.58. The second kappa shape index (κ2) is 4.51. The molecule has 4 nitrogen and oxygen atoms in total. The summed E-state index contributed by atoms with van der Waals surface area (Å²) in [5.74, 6) is 0.302. The first-order valence-electron chi connectivity index (χ1n) is 5.44. The minimum Gasteiger partial charge on any atom is -0.411 e. The fourth-order valence-corrected chi connectivity index (χ4v) is 1.91. The van der Waals surface area contributed by atoms with Crippen molar-refractivity contribution in [2.45, 2.75) is 45.5 Å². The van der Waals surface area contributed by atoms with Gasteiger partial charge in [0.05, 0.1) is 12.3 Å². The maximum atomic E-state index is 6.03. The van der Waals surface area contributed by atoms with E-state index in [2.05, 4.69) is 43.8 Å². The highest BCUT2D eigenvalue weighted by molar-refractivity contribution is 6.74. The molecule has 16 heavy (non-hydrogen) atoms. The summed E-state index contributed by atoms with van der Waals surface area (Å²) < 4.78 is 6.03. The van der Waals surface area contributed by atoms with Crippen LogP contribution >= 0.6 is 0 Å². The summed E-state index contributed by atoms with van der Waals surface area (Å²) >= 11 is 0. The maximum Gasteiger partial charge on any atom is 0.220 e. The monoisotopic (exact) mass is 239 g/mol. The fraction of sp³-hybridized carbons (Fsp3) is 0.636. The van der Waals surface area contributed by atoms with E-state index in [0.29, 0.717) is 12.6 Å². The molecular formula is C11H21N3OSi. The Balaban J connectivity index is 2.65. The van der Waals surface area contributed by atoms with Crippen molar-refractivity contribution in [1.29, 1.82) is 0 Å². The smallest absolute Gasteiger partial charge is 0.220 e. The zero-order chi connectivity index (χ0) is 12.4. The normalized spacial score (nSPS) is 12.8. The lowest BCUT2D eigenvalue weighted by Gasteiger charge is -2.36. The lowest BCUT2D eigenvalue weighted by atomic mass is 10.2. The van der Waals surface area contributed by atoms with Gasteiger partial charge in [-0.25, -0.2) is 9.97 Å². The molecular weight excluding hydrogens is 218 g/mol. The van der Waals surface area contributed by atoms with Gasteiger partial charge in [0.15, 0.2) is 8.32 Å². The van der Waals surface area contributed by atoms with Gasteiger partial charge >= 0.3 is 0 Å². The molecule has 0 fully saturated rings. The van der Waals surface area contributed by atoms with E-state index in [-0.39, 0.29) is 5.04 Å². The zero-order valence-corrected chi connectivity index (χ0v) is 11.7. The van der Waals surface area contributed by atoms with E-state index in [1.165, 1.54) is 0 Å². The van der Waals surface area contributed by atoms with E-state index in [9.17, 15) is 0 Å². The highest BCUT2D eigenvalue weighted by atomic mass is 28.4. The molecule has 0 radical (unpaired) electrons. The summed E-state index contributed by atoms with van der Waals surface area (Å²) in [6.45, 7) is 11.6. The summed E-state index contributed by atoms with van der Waals surface area (Å²) in [4.78, 5) is 7.98. The molecule has 1 aromatic rings. The first-order valence-corrected chi connectivity index (χ1v) is 8.34. The molecule has 90 valence electrons. The van der Waals surface area contributed by atoms with Crippen LogP contribution < -0.4 is 5.73 Å². The Labute approximate surface area is 98.4 Å². The third-order valence-corrected chi connectivity index (χ3v) is 7.60. The van der Waals surface area contributed by atoms with Crippen LogP contribution in [0.4, 0.5) is 5.95 Å². The van der Waals surface area contributed by atoms with E-state index in [1.54, 1.807) is 6.20 Å². The molecule has 0 spiro atoms. The molecule has 0 saturated carbocycles. The first kappa shape index (κ1) is 13.1. The van der Waals surface area contributed by atoms with Crippen molar-refractivity contribution in [3.8, 4) is 0 Å². The Morgan fingerprint density at radius 2 is 2.00 bits per heavy atom. The molecule has 0 aliphatic heterocycles. The van der Waals surface area contributed by atoms with E-state index < -0.39 is 8.32 Å². The summed E-state index contributed by atoms with van der Waals surface area (Å²) in [6, 6.07) is 1.84. The summed E-state index contributed by atoms with van der Waals surface area (Å²) in [5.41, 5.74) is 6.36. The lowest BCUT2D eigenvalue weighted by molar-refractivity contribution is 0.272. The van der Waals surface area contributed by atoms with Gasteiger partial charge in [0.25, 0.3) is 0 Å². The number of aromatic nitrogens is 2. The number of hydrogen-bond acceptors (Lipinski definition) is 4. The van der Waals surface area contributed by atoms with E-state index >= 15 is 0 Å². The minimum atomic E-state index is -1.71. The first-order chi connectivity index (χ1) is 7.22. The quantitative estimate of drug-likeness (QED) is 0.824. The molecule has 0 aromatic carbocycles. The van der Waals surface area contributed by atoms with Crippen molar-refractivity contribution in [2.75, 3.05) is 5.73 Å². The summed E-state index contributed by atoms with van der Waals surface area (Å²) in [6.07, 6.45) is 1.66. The highest BCUT2D eigenvalue weighted by Gasteiger charge is 2.37. The van der Waals surface area contributed by atoms with Crippen molar-refractivity contribution < 1.29 is 4.43 Å². The summed E-state index contributed by atoms with van der Waals surface area (Å²) in [7, 11) is -1.71. The lowest BCUT2D eigenvalue weighted by Crippen LogP contribution is -2.40. The molecule has 0 aliphatic carbocycles. The average Bonchev–Trinajstić information content (AvgIpc) is 2.13. The van der Waals surface area contributed by atoms with Gasteiger partial charge in [0.2, 0.25) is 5.95 Å². The van der Waals surface area contributed by atoms with Crippen LogP contribution in [0.15, 0.2) is 12.3 Å². The molecule has 5 heteroatoms. The van der Waals surface area contributed by atoms with Crippen LogP contribution in [0.3, 0.4) is 0 Å². The SMILES string of the molecule is CC(C)(C)[Si](C)(C)OCc1ccnc(N)n1. The highest BCUT2D eigenvalue weighted by Crippen LogP contribution is 2.36. The number of nitrogen functional groups attached to an aromatic ring is 1. The van der Waals surface area contributed by atoms with Crippen molar-refractivity contribution in [3.63, 3.8) is 0 Å². The molecule has 1 heterocycles. The molecule has 1 rings (SSSR count). The Bertz CT molecular complexity index is 360. The number of nitrogens with zero attached hydrogens (tertiary/aromatic N) is 2. The van der Waals surface area contributed by atoms with Crippen molar-refractivity contribution >= 4 is 14.3 Å². The Hall–Kier alpha value is -0.943. The molecule has 0 aliphatic rings. The van der Waals surface area contributed by atoms with Crippen LogP contribution in [0, 0.1) is 0 Å². The van der Waals surface area contributed by atoms with Gasteiger partial charge in [-0.3, -0.25) is 0 Å². The van der Waals surface area contributed by atoms with Crippen LogP contribution in [0.1, 0.15) is 26.5 Å². The van der Waals surface area contributed by atoms with Gasteiger partial charge in [0, 0.05) is 6.20 Å². The number of hydrogen-bond donors (Lipinski definition) is 1. The van der Waals surface area contributed by atoms with Gasteiger partial charge < -0.3 is 10.2 Å². The van der Waals surface area contributed by atoms with Gasteiger partial charge in [-0.1, -0.05) is 20.8 Å². The largest absolute Gasteiger partial charge is 0.411 e. The topological polar surface area (TPSA) is 61.0 Å². The predicted molar refractivity (Wildman–Crippen MR) is 68.4 cm³/mol. The van der Waals surface area contributed by atoms with E-state index in [0.717, 1.165) is 5.69 Å². The standard InChI is InChI=1S/C11H21N3OSi/c1-11(2,3)16(4,5)15-8-9-6-7-13-10(12)14-9/h6-7H,8H2,1-5H3,(H2,12,13,14). The maximum absolute atomic E-state index is 6.03. The Morgan fingerprint density at radius 1 is 1.38 bits per heavy atom. The van der Waals surface area contributed by atoms with Crippen molar-refractivity contribution in [1.82, 2.24) is 9.97 Å². The van der Waals surface area contributed by atoms with Gasteiger partial charge in [-0.15, -0.1) is 0 Å². The number of rotatable bonds is 3. The van der Waals surface area contributed by atoms with Crippen molar-refractivity contribution in [2.24, 2.45) is 0 Å². The van der Waals surface area contributed by atoms with Gasteiger partial charge in [0.1, 0.15) is 0 Å². The van der Waals surface area contributed by atoms with Crippen LogP contribution in [-0.2, 0) is 11.0 Å². The van der Waals surface area contributed by atoms with Crippen molar-refractivity contribution in [3.05, 3.63) is 18.0 Å². The van der Waals surface area contributed by atoms with Crippen LogP contribution in [0.2, 0.25) is 18.1 Å². The van der Waals surface area contributed by atoms with Crippen LogP contribution in [0.5, 0.6) is 0 Å². The van der Waals surface area contributed by atoms with E-state index in [1.807, 2.05) is 6.07 Å². The zero-order valence-electron chi connectivity index (χ0n) is 10.7. The molecule has 0 bridgehead atoms. The fourth-order valence-electron chi connectivity index (χ4n) is 0.964.